The van der Waals surface area contributed by atoms with Crippen LogP contribution in [0.2, 0.25) is 0 Å². The molecule has 4 aliphatic rings. The molecule has 7 heteroatoms. The standard InChI is InChI=1S/C25H31NO6/c1-15(2)5-4-6-22(28)32-24-20(29-3)13-25-9-7-21(27)26(25)10-8-16-11-18-19(31-14-30-18)12-17(16)23(24)25/h11-13,15,23-24H,4-10,14H2,1-3H3/t23-,24-,25+/m0/s1. The van der Waals surface area contributed by atoms with Crippen molar-refractivity contribution in [3.8, 4) is 11.5 Å². The summed E-state index contributed by atoms with van der Waals surface area (Å²) in [5, 5.41) is 0. The second kappa shape index (κ2) is 8.01. The van der Waals surface area contributed by atoms with Crippen molar-refractivity contribution in [2.24, 2.45) is 5.92 Å². The first-order valence-corrected chi connectivity index (χ1v) is 11.6. The topological polar surface area (TPSA) is 74.3 Å². The monoisotopic (exact) mass is 441 g/mol. The Bertz CT molecular complexity index is 969. The van der Waals surface area contributed by atoms with Gasteiger partial charge in [0, 0.05) is 19.4 Å². The van der Waals surface area contributed by atoms with Crippen LogP contribution in [0.15, 0.2) is 24.0 Å². The highest BCUT2D eigenvalue weighted by atomic mass is 16.7. The van der Waals surface area contributed by atoms with Crippen LogP contribution >= 0.6 is 0 Å². The Morgan fingerprint density at radius 1 is 1.25 bits per heavy atom. The van der Waals surface area contributed by atoms with Gasteiger partial charge in [0.2, 0.25) is 12.7 Å². The highest BCUT2D eigenvalue weighted by Gasteiger charge is 2.60. The third-order valence-electron chi connectivity index (χ3n) is 7.29. The second-order valence-corrected chi connectivity index (χ2v) is 9.62. The van der Waals surface area contributed by atoms with Crippen LogP contribution in [-0.2, 0) is 25.5 Å². The summed E-state index contributed by atoms with van der Waals surface area (Å²) in [6, 6.07) is 4.03. The Hall–Kier alpha value is -2.70. The normalized spacial score (nSPS) is 27.6. The molecule has 0 N–H and O–H groups in total. The predicted octanol–water partition coefficient (Wildman–Crippen LogP) is 3.70. The van der Waals surface area contributed by atoms with Crippen LogP contribution in [0.1, 0.15) is 63.0 Å². The molecule has 1 aliphatic carbocycles. The lowest BCUT2D eigenvalue weighted by Crippen LogP contribution is -2.48. The SMILES string of the molecule is COC1=C[C@@]23CCC(=O)N2CCc2cc4c(cc2[C@H]3[C@H]1OC(=O)CCCC(C)C)OCO4. The minimum absolute atomic E-state index is 0.137. The maximum atomic E-state index is 12.9. The summed E-state index contributed by atoms with van der Waals surface area (Å²) in [4.78, 5) is 27.7. The Morgan fingerprint density at radius 3 is 2.78 bits per heavy atom. The Morgan fingerprint density at radius 2 is 2.03 bits per heavy atom. The number of methoxy groups -OCH3 is 1. The molecule has 0 unspecified atom stereocenters. The number of rotatable bonds is 6. The largest absolute Gasteiger partial charge is 0.497 e. The van der Waals surface area contributed by atoms with Crippen molar-refractivity contribution in [3.05, 3.63) is 35.1 Å². The Balaban J connectivity index is 1.53. The molecule has 3 heterocycles. The van der Waals surface area contributed by atoms with E-state index in [0.29, 0.717) is 43.2 Å². The molecule has 0 saturated carbocycles. The number of esters is 1. The van der Waals surface area contributed by atoms with Crippen molar-refractivity contribution < 1.29 is 28.5 Å². The van der Waals surface area contributed by atoms with E-state index in [0.717, 1.165) is 36.1 Å². The molecule has 7 nitrogen and oxygen atoms in total. The van der Waals surface area contributed by atoms with Gasteiger partial charge >= 0.3 is 5.97 Å². The third kappa shape index (κ3) is 3.33. The van der Waals surface area contributed by atoms with Gasteiger partial charge in [0.05, 0.1) is 18.6 Å². The molecule has 1 fully saturated rings. The van der Waals surface area contributed by atoms with Gasteiger partial charge in [-0.2, -0.15) is 0 Å². The first-order chi connectivity index (χ1) is 15.4. The van der Waals surface area contributed by atoms with Crippen molar-refractivity contribution in [3.63, 3.8) is 0 Å². The number of carbonyl (C=O) groups is 2. The van der Waals surface area contributed by atoms with Gasteiger partial charge in [-0.1, -0.05) is 20.3 Å². The van der Waals surface area contributed by atoms with Gasteiger partial charge in [-0.25, -0.2) is 0 Å². The molecule has 3 atom stereocenters. The number of ether oxygens (including phenoxy) is 4. The molecular formula is C25H31NO6. The summed E-state index contributed by atoms with van der Waals surface area (Å²) in [5.41, 5.74) is 1.60. The molecule has 1 amide bonds. The van der Waals surface area contributed by atoms with Crippen molar-refractivity contribution in [2.45, 2.75) is 69.9 Å². The van der Waals surface area contributed by atoms with E-state index in [1.807, 2.05) is 23.1 Å². The first kappa shape index (κ1) is 21.2. The molecule has 1 aromatic rings. The van der Waals surface area contributed by atoms with E-state index in [4.69, 9.17) is 18.9 Å². The lowest BCUT2D eigenvalue weighted by molar-refractivity contribution is -0.150. The van der Waals surface area contributed by atoms with Crippen LogP contribution in [0, 0.1) is 5.92 Å². The van der Waals surface area contributed by atoms with E-state index in [1.54, 1.807) is 7.11 Å². The van der Waals surface area contributed by atoms with E-state index in [-0.39, 0.29) is 24.6 Å². The van der Waals surface area contributed by atoms with E-state index < -0.39 is 11.6 Å². The zero-order valence-electron chi connectivity index (χ0n) is 19.0. The van der Waals surface area contributed by atoms with Crippen LogP contribution in [0.25, 0.3) is 0 Å². The highest BCUT2D eigenvalue weighted by Crippen LogP contribution is 2.55. The molecule has 0 aromatic heterocycles. The molecular weight excluding hydrogens is 410 g/mol. The highest BCUT2D eigenvalue weighted by molar-refractivity contribution is 5.82. The molecule has 172 valence electrons. The van der Waals surface area contributed by atoms with Gasteiger partial charge in [0.1, 0.15) is 5.76 Å². The predicted molar refractivity (Wildman–Crippen MR) is 116 cm³/mol. The van der Waals surface area contributed by atoms with Gasteiger partial charge in [-0.05, 0) is 54.5 Å². The Labute approximate surface area is 188 Å². The summed E-state index contributed by atoms with van der Waals surface area (Å²) >= 11 is 0. The summed E-state index contributed by atoms with van der Waals surface area (Å²) in [6.45, 7) is 5.12. The van der Waals surface area contributed by atoms with Gasteiger partial charge in [-0.15, -0.1) is 0 Å². The smallest absolute Gasteiger partial charge is 0.306 e. The first-order valence-electron chi connectivity index (χ1n) is 11.6. The number of fused-ring (bicyclic) bond motifs is 3. The van der Waals surface area contributed by atoms with Gasteiger partial charge < -0.3 is 23.8 Å². The number of nitrogens with zero attached hydrogens (tertiary/aromatic N) is 1. The van der Waals surface area contributed by atoms with Crippen molar-refractivity contribution in [1.29, 1.82) is 0 Å². The maximum absolute atomic E-state index is 12.9. The summed E-state index contributed by atoms with van der Waals surface area (Å²) in [7, 11) is 1.61. The van der Waals surface area contributed by atoms with Crippen molar-refractivity contribution in [1.82, 2.24) is 4.90 Å². The van der Waals surface area contributed by atoms with Crippen LogP contribution in [0.4, 0.5) is 0 Å². The molecule has 0 bridgehead atoms. The van der Waals surface area contributed by atoms with Crippen LogP contribution in [-0.4, -0.2) is 48.9 Å². The minimum Gasteiger partial charge on any atom is -0.497 e. The van der Waals surface area contributed by atoms with E-state index in [9.17, 15) is 9.59 Å². The van der Waals surface area contributed by atoms with E-state index in [2.05, 4.69) is 13.8 Å². The fourth-order valence-electron chi connectivity index (χ4n) is 5.79. The summed E-state index contributed by atoms with van der Waals surface area (Å²) < 4.78 is 23.1. The quantitative estimate of drug-likeness (QED) is 0.627. The minimum atomic E-state index is -0.572. The zero-order valence-corrected chi connectivity index (χ0v) is 19.0. The molecule has 3 aliphatic heterocycles. The number of amides is 1. The Kier molecular flexibility index (Phi) is 5.30. The second-order valence-electron chi connectivity index (χ2n) is 9.62. The number of hydrogen-bond acceptors (Lipinski definition) is 6. The average molecular weight is 442 g/mol. The fraction of sp³-hybridized carbons (Fsp3) is 0.600. The number of hydrogen-bond donors (Lipinski definition) is 0. The number of benzene rings is 1. The average Bonchev–Trinajstić information content (AvgIpc) is 3.39. The van der Waals surface area contributed by atoms with Crippen molar-refractivity contribution in [2.75, 3.05) is 20.4 Å². The lowest BCUT2D eigenvalue weighted by atomic mass is 9.77. The molecule has 1 aromatic carbocycles. The third-order valence-corrected chi connectivity index (χ3v) is 7.29. The summed E-state index contributed by atoms with van der Waals surface area (Å²) in [6.07, 6.45) is 5.51. The van der Waals surface area contributed by atoms with Crippen LogP contribution in [0.5, 0.6) is 11.5 Å². The lowest BCUT2D eigenvalue weighted by Gasteiger charge is -2.39. The van der Waals surface area contributed by atoms with Crippen LogP contribution in [0.3, 0.4) is 0 Å². The molecule has 1 spiro atoms. The molecule has 1 saturated heterocycles. The summed E-state index contributed by atoms with van der Waals surface area (Å²) in [5.74, 6) is 2.28. The fourth-order valence-corrected chi connectivity index (χ4v) is 5.79. The number of carbonyl (C=O) groups excluding carboxylic acids is 2. The molecule has 32 heavy (non-hydrogen) atoms. The van der Waals surface area contributed by atoms with Gasteiger partial charge in [-0.3, -0.25) is 9.59 Å². The van der Waals surface area contributed by atoms with Crippen molar-refractivity contribution >= 4 is 11.9 Å². The molecule has 0 radical (unpaired) electrons. The van der Waals surface area contributed by atoms with Gasteiger partial charge in [0.25, 0.3) is 0 Å². The van der Waals surface area contributed by atoms with E-state index in [1.165, 1.54) is 0 Å². The van der Waals surface area contributed by atoms with Gasteiger partial charge in [0.15, 0.2) is 17.6 Å². The van der Waals surface area contributed by atoms with Crippen LogP contribution < -0.4 is 9.47 Å². The zero-order chi connectivity index (χ0) is 22.5. The molecule has 5 rings (SSSR count). The van der Waals surface area contributed by atoms with E-state index >= 15 is 0 Å². The maximum Gasteiger partial charge on any atom is 0.306 e.